The van der Waals surface area contributed by atoms with Crippen LogP contribution in [0.5, 0.6) is 0 Å². The van der Waals surface area contributed by atoms with Crippen molar-refractivity contribution in [1.29, 1.82) is 0 Å². The number of aliphatic hydroxyl groups excluding tert-OH is 1. The van der Waals surface area contributed by atoms with Gasteiger partial charge in [-0.15, -0.1) is 0 Å². The van der Waals surface area contributed by atoms with Gasteiger partial charge in [-0.2, -0.15) is 10.2 Å². The van der Waals surface area contributed by atoms with Crippen LogP contribution in [-0.4, -0.2) is 35.1 Å². The smallest absolute Gasteiger partial charge is 0.186 e. The Hall–Kier alpha value is -3.33. The number of aromatic amines is 1. The van der Waals surface area contributed by atoms with Crippen LogP contribution in [0.4, 0.5) is 16.0 Å². The van der Waals surface area contributed by atoms with Crippen LogP contribution in [0.1, 0.15) is 23.2 Å². The Labute approximate surface area is 147 Å². The van der Waals surface area contributed by atoms with Gasteiger partial charge in [0.15, 0.2) is 17.3 Å². The highest BCUT2D eigenvalue weighted by molar-refractivity contribution is 5.87. The third-order valence-corrected chi connectivity index (χ3v) is 3.89. The second-order valence-corrected chi connectivity index (χ2v) is 5.99. The average Bonchev–Trinajstić information content (AvgIpc) is 3.19. The molecule has 132 valence electrons. The lowest BCUT2D eigenvalue weighted by Crippen LogP contribution is -2.08. The van der Waals surface area contributed by atoms with Crippen LogP contribution in [0.2, 0.25) is 0 Å². The zero-order chi connectivity index (χ0) is 18.3. The molecule has 3 N–H and O–H groups in total. The Morgan fingerprint density at radius 2 is 2.00 bits per heavy atom. The number of aliphatic hydroxyl groups is 1. The molecule has 0 saturated heterocycles. The van der Waals surface area contributed by atoms with Gasteiger partial charge in [-0.1, -0.05) is 12.1 Å². The topological polar surface area (TPSA) is 105 Å². The third-order valence-electron chi connectivity index (χ3n) is 3.89. The Morgan fingerprint density at radius 3 is 2.69 bits per heavy atom. The minimum absolute atomic E-state index is 0.164. The summed E-state index contributed by atoms with van der Waals surface area (Å²) in [6.45, 7) is 1.89. The molecule has 1 atom stereocenters. The van der Waals surface area contributed by atoms with Gasteiger partial charge in [0.1, 0.15) is 17.7 Å². The molecule has 0 amide bonds. The molecule has 3 aromatic heterocycles. The molecule has 3 heterocycles. The molecule has 0 saturated carbocycles. The van der Waals surface area contributed by atoms with Crippen LogP contribution in [0.3, 0.4) is 0 Å². The van der Waals surface area contributed by atoms with Crippen molar-refractivity contribution >= 4 is 22.7 Å². The highest BCUT2D eigenvalue weighted by Crippen LogP contribution is 2.27. The van der Waals surface area contributed by atoms with E-state index in [0.717, 1.165) is 5.69 Å². The summed E-state index contributed by atoms with van der Waals surface area (Å²) in [6.07, 6.45) is 0.675. The number of rotatable bonds is 4. The van der Waals surface area contributed by atoms with Gasteiger partial charge >= 0.3 is 0 Å². The average molecular weight is 353 g/mol. The zero-order valence-corrected chi connectivity index (χ0v) is 14.1. The maximum atomic E-state index is 13.1. The summed E-state index contributed by atoms with van der Waals surface area (Å²) in [5, 5.41) is 25.7. The number of aromatic nitrogens is 6. The first kappa shape index (κ1) is 16.2. The standard InChI is InChI=1S/C17H16FN7O/c1-9-7-13(23-22-9)19-15-12-8-25(2)24-16(12)21-17(20-15)14(26)10-3-5-11(18)6-4-10/h3-8,14,26H,1-2H3,(H2,19,20,21,22,23,24)/t14-/m0/s1. The fraction of sp³-hybridized carbons (Fsp3) is 0.176. The van der Waals surface area contributed by atoms with Crippen molar-refractivity contribution < 1.29 is 9.50 Å². The minimum Gasteiger partial charge on any atom is -0.380 e. The molecular weight excluding hydrogens is 337 g/mol. The number of nitrogens with zero attached hydrogens (tertiary/aromatic N) is 5. The molecule has 0 radical (unpaired) electrons. The van der Waals surface area contributed by atoms with Crippen molar-refractivity contribution in [2.75, 3.05) is 5.32 Å². The monoisotopic (exact) mass is 353 g/mol. The molecule has 0 unspecified atom stereocenters. The Morgan fingerprint density at radius 1 is 1.23 bits per heavy atom. The molecule has 9 heteroatoms. The number of H-pyrrole nitrogens is 1. The van der Waals surface area contributed by atoms with E-state index in [4.69, 9.17) is 0 Å². The lowest BCUT2D eigenvalue weighted by atomic mass is 10.1. The lowest BCUT2D eigenvalue weighted by molar-refractivity contribution is 0.210. The van der Waals surface area contributed by atoms with E-state index in [0.29, 0.717) is 28.2 Å². The SMILES string of the molecule is Cc1cc(Nc2nc([C@@H](O)c3ccc(F)cc3)nc3nn(C)cc23)n[nH]1. The van der Waals surface area contributed by atoms with Crippen molar-refractivity contribution in [2.45, 2.75) is 13.0 Å². The molecule has 0 bridgehead atoms. The number of halogens is 1. The lowest BCUT2D eigenvalue weighted by Gasteiger charge is -2.11. The predicted octanol–water partition coefficient (Wildman–Crippen LogP) is 2.36. The van der Waals surface area contributed by atoms with Crippen molar-refractivity contribution in [3.8, 4) is 0 Å². The van der Waals surface area contributed by atoms with Gasteiger partial charge in [0, 0.05) is 25.0 Å². The van der Waals surface area contributed by atoms with Gasteiger partial charge in [-0.3, -0.25) is 9.78 Å². The van der Waals surface area contributed by atoms with Gasteiger partial charge in [0.05, 0.1) is 5.39 Å². The van der Waals surface area contributed by atoms with E-state index in [2.05, 4.69) is 30.6 Å². The van der Waals surface area contributed by atoms with Crippen LogP contribution >= 0.6 is 0 Å². The highest BCUT2D eigenvalue weighted by Gasteiger charge is 2.19. The van der Waals surface area contributed by atoms with E-state index in [-0.39, 0.29) is 11.6 Å². The predicted molar refractivity (Wildman–Crippen MR) is 93.4 cm³/mol. The first-order chi connectivity index (χ1) is 12.5. The van der Waals surface area contributed by atoms with E-state index < -0.39 is 6.10 Å². The molecule has 8 nitrogen and oxygen atoms in total. The number of nitrogens with one attached hydrogen (secondary N) is 2. The van der Waals surface area contributed by atoms with Gasteiger partial charge in [0.25, 0.3) is 0 Å². The van der Waals surface area contributed by atoms with Crippen molar-refractivity contribution in [1.82, 2.24) is 29.9 Å². The van der Waals surface area contributed by atoms with E-state index in [1.54, 1.807) is 17.9 Å². The van der Waals surface area contributed by atoms with Gasteiger partial charge in [0.2, 0.25) is 0 Å². The Balaban J connectivity index is 1.78. The second-order valence-electron chi connectivity index (χ2n) is 5.99. The van der Waals surface area contributed by atoms with Crippen LogP contribution in [0, 0.1) is 12.7 Å². The summed E-state index contributed by atoms with van der Waals surface area (Å²) in [7, 11) is 1.78. The largest absolute Gasteiger partial charge is 0.380 e. The van der Waals surface area contributed by atoms with Crippen LogP contribution in [0.25, 0.3) is 11.0 Å². The third kappa shape index (κ3) is 3.00. The molecule has 0 fully saturated rings. The van der Waals surface area contributed by atoms with Gasteiger partial charge in [-0.25, -0.2) is 14.4 Å². The normalized spacial score (nSPS) is 12.5. The summed E-state index contributed by atoms with van der Waals surface area (Å²) in [5.41, 5.74) is 1.83. The van der Waals surface area contributed by atoms with Gasteiger partial charge in [-0.05, 0) is 24.6 Å². The number of hydrogen-bond acceptors (Lipinski definition) is 6. The quantitative estimate of drug-likeness (QED) is 0.520. The van der Waals surface area contributed by atoms with Crippen LogP contribution in [-0.2, 0) is 7.05 Å². The molecule has 0 spiro atoms. The summed E-state index contributed by atoms with van der Waals surface area (Å²) >= 11 is 0. The summed E-state index contributed by atoms with van der Waals surface area (Å²) in [5.74, 6) is 0.857. The molecule has 0 aliphatic heterocycles. The van der Waals surface area contributed by atoms with E-state index >= 15 is 0 Å². The summed E-state index contributed by atoms with van der Waals surface area (Å²) < 4.78 is 14.7. The number of fused-ring (bicyclic) bond motifs is 1. The van der Waals surface area contributed by atoms with Crippen LogP contribution in [0.15, 0.2) is 36.5 Å². The van der Waals surface area contributed by atoms with E-state index in [9.17, 15) is 9.50 Å². The zero-order valence-electron chi connectivity index (χ0n) is 14.1. The molecule has 4 rings (SSSR count). The molecule has 0 aliphatic rings. The van der Waals surface area contributed by atoms with E-state index in [1.807, 2.05) is 13.0 Å². The fourth-order valence-corrected chi connectivity index (χ4v) is 2.65. The molecule has 1 aromatic carbocycles. The first-order valence-corrected chi connectivity index (χ1v) is 7.93. The summed E-state index contributed by atoms with van der Waals surface area (Å²) in [6, 6.07) is 7.39. The van der Waals surface area contributed by atoms with Crippen molar-refractivity contribution in [3.63, 3.8) is 0 Å². The second kappa shape index (κ2) is 6.19. The molecule has 26 heavy (non-hydrogen) atoms. The molecular formula is C17H16FN7O. The van der Waals surface area contributed by atoms with Crippen molar-refractivity contribution in [2.24, 2.45) is 7.05 Å². The number of benzene rings is 1. The van der Waals surface area contributed by atoms with Crippen molar-refractivity contribution in [3.05, 3.63) is 59.4 Å². The maximum Gasteiger partial charge on any atom is 0.186 e. The fourth-order valence-electron chi connectivity index (χ4n) is 2.65. The Bertz CT molecular complexity index is 1070. The first-order valence-electron chi connectivity index (χ1n) is 7.93. The highest BCUT2D eigenvalue weighted by atomic mass is 19.1. The number of aryl methyl sites for hydroxylation is 2. The van der Waals surface area contributed by atoms with Crippen LogP contribution < -0.4 is 5.32 Å². The Kier molecular flexibility index (Phi) is 3.85. The number of anilines is 2. The number of hydrogen-bond donors (Lipinski definition) is 3. The summed E-state index contributed by atoms with van der Waals surface area (Å²) in [4.78, 5) is 8.79. The molecule has 4 aromatic rings. The molecule has 0 aliphatic carbocycles. The maximum absolute atomic E-state index is 13.1. The van der Waals surface area contributed by atoms with E-state index in [1.165, 1.54) is 24.3 Å². The minimum atomic E-state index is -1.11. The van der Waals surface area contributed by atoms with Gasteiger partial charge < -0.3 is 10.4 Å².